The van der Waals surface area contributed by atoms with Crippen LogP contribution in [0.15, 0.2) is 30.3 Å². The van der Waals surface area contributed by atoms with Gasteiger partial charge in [0.2, 0.25) is 5.91 Å². The van der Waals surface area contributed by atoms with Crippen molar-refractivity contribution in [1.82, 2.24) is 15.3 Å². The number of aromatic nitrogens is 2. The maximum atomic E-state index is 13.6. The number of nitrogens with one attached hydrogen (secondary N) is 1. The second kappa shape index (κ2) is 7.38. The summed E-state index contributed by atoms with van der Waals surface area (Å²) in [5, 5.41) is 2.77. The molecular weight excluding hydrogens is 307 g/mol. The first-order chi connectivity index (χ1) is 11.6. The van der Waals surface area contributed by atoms with Crippen LogP contribution in [0.1, 0.15) is 29.9 Å². The molecule has 0 saturated carbocycles. The van der Waals surface area contributed by atoms with Gasteiger partial charge in [-0.25, -0.2) is 14.4 Å². The summed E-state index contributed by atoms with van der Waals surface area (Å²) in [7, 11) is 0. The Morgan fingerprint density at radius 3 is 2.75 bits per heavy atom. The van der Waals surface area contributed by atoms with E-state index in [4.69, 9.17) is 0 Å². The van der Waals surface area contributed by atoms with Gasteiger partial charge in [-0.1, -0.05) is 18.2 Å². The average Bonchev–Trinajstić information content (AvgIpc) is 3.09. The molecule has 3 rings (SSSR count). The predicted molar refractivity (Wildman–Crippen MR) is 90.2 cm³/mol. The molecule has 0 bridgehead atoms. The molecule has 0 atom stereocenters. The summed E-state index contributed by atoms with van der Waals surface area (Å²) in [5.41, 5.74) is 1.27. The molecule has 0 aliphatic carbocycles. The second-order valence-corrected chi connectivity index (χ2v) is 6.02. The van der Waals surface area contributed by atoms with Crippen molar-refractivity contribution < 1.29 is 9.18 Å². The van der Waals surface area contributed by atoms with E-state index in [9.17, 15) is 9.18 Å². The third-order valence-electron chi connectivity index (χ3n) is 4.07. The highest BCUT2D eigenvalue weighted by atomic mass is 19.1. The van der Waals surface area contributed by atoms with Gasteiger partial charge >= 0.3 is 0 Å². The third-order valence-corrected chi connectivity index (χ3v) is 4.07. The van der Waals surface area contributed by atoms with E-state index in [1.807, 2.05) is 13.0 Å². The summed E-state index contributed by atoms with van der Waals surface area (Å²) < 4.78 is 13.6. The summed E-state index contributed by atoms with van der Waals surface area (Å²) in [5.74, 6) is 0.890. The van der Waals surface area contributed by atoms with Crippen LogP contribution >= 0.6 is 0 Å². The van der Waals surface area contributed by atoms with Gasteiger partial charge in [-0.05, 0) is 31.4 Å². The molecule has 1 fully saturated rings. The van der Waals surface area contributed by atoms with E-state index in [0.717, 1.165) is 24.6 Å². The number of benzene rings is 1. The highest BCUT2D eigenvalue weighted by Crippen LogP contribution is 2.18. The van der Waals surface area contributed by atoms with Crippen molar-refractivity contribution in [2.45, 2.75) is 32.7 Å². The van der Waals surface area contributed by atoms with Crippen molar-refractivity contribution in [2.24, 2.45) is 0 Å². The van der Waals surface area contributed by atoms with Crippen LogP contribution in [0.25, 0.3) is 0 Å². The lowest BCUT2D eigenvalue weighted by atomic mass is 10.1. The van der Waals surface area contributed by atoms with Crippen molar-refractivity contribution in [3.63, 3.8) is 0 Å². The molecule has 2 heterocycles. The lowest BCUT2D eigenvalue weighted by Gasteiger charge is -2.17. The van der Waals surface area contributed by atoms with Gasteiger partial charge in [-0.2, -0.15) is 0 Å². The summed E-state index contributed by atoms with van der Waals surface area (Å²) in [6.07, 6.45) is 2.37. The molecule has 1 aliphatic rings. The van der Waals surface area contributed by atoms with Gasteiger partial charge in [0.1, 0.15) is 17.5 Å². The molecule has 1 aliphatic heterocycles. The van der Waals surface area contributed by atoms with E-state index in [0.29, 0.717) is 11.4 Å². The van der Waals surface area contributed by atoms with E-state index in [1.54, 1.807) is 18.2 Å². The zero-order valence-electron chi connectivity index (χ0n) is 13.8. The number of hydrogen-bond acceptors (Lipinski definition) is 4. The monoisotopic (exact) mass is 328 g/mol. The Labute approximate surface area is 140 Å². The highest BCUT2D eigenvalue weighted by molar-refractivity contribution is 5.78. The van der Waals surface area contributed by atoms with Gasteiger partial charge in [0.25, 0.3) is 0 Å². The summed E-state index contributed by atoms with van der Waals surface area (Å²) >= 11 is 0. The number of nitrogens with zero attached hydrogens (tertiary/aromatic N) is 3. The number of hydrogen-bond donors (Lipinski definition) is 1. The van der Waals surface area contributed by atoms with Crippen LogP contribution < -0.4 is 10.2 Å². The number of amides is 1. The molecule has 1 aromatic heterocycles. The van der Waals surface area contributed by atoms with Crippen molar-refractivity contribution in [2.75, 3.05) is 18.0 Å². The Morgan fingerprint density at radius 1 is 1.25 bits per heavy atom. The van der Waals surface area contributed by atoms with E-state index in [2.05, 4.69) is 20.2 Å². The third kappa shape index (κ3) is 4.07. The Bertz CT molecular complexity index is 729. The molecule has 24 heavy (non-hydrogen) atoms. The molecule has 126 valence electrons. The van der Waals surface area contributed by atoms with E-state index in [-0.39, 0.29) is 24.7 Å². The first-order valence-electron chi connectivity index (χ1n) is 8.21. The number of aryl methyl sites for hydroxylation is 1. The topological polar surface area (TPSA) is 58.1 Å². The quantitative estimate of drug-likeness (QED) is 0.915. The molecule has 1 amide bonds. The van der Waals surface area contributed by atoms with E-state index in [1.165, 1.54) is 18.9 Å². The molecule has 0 radical (unpaired) electrons. The Morgan fingerprint density at radius 2 is 2.00 bits per heavy atom. The fourth-order valence-corrected chi connectivity index (χ4v) is 2.85. The average molecular weight is 328 g/mol. The maximum Gasteiger partial charge on any atom is 0.224 e. The van der Waals surface area contributed by atoms with Crippen molar-refractivity contribution in [1.29, 1.82) is 0 Å². The SMILES string of the molecule is Cc1cc(N2CCCC2)nc(CNC(=O)Cc2ccccc2F)n1. The molecule has 6 heteroatoms. The number of anilines is 1. The van der Waals surface area contributed by atoms with Crippen LogP contribution in [0.2, 0.25) is 0 Å². The van der Waals surface area contributed by atoms with Gasteiger partial charge in [-0.15, -0.1) is 0 Å². The normalized spacial score (nSPS) is 14.0. The Balaban J connectivity index is 1.61. The molecule has 5 nitrogen and oxygen atoms in total. The molecule has 0 spiro atoms. The summed E-state index contributed by atoms with van der Waals surface area (Å²) in [4.78, 5) is 23.2. The number of carbonyl (C=O) groups excluding carboxylic acids is 1. The van der Waals surface area contributed by atoms with Gasteiger partial charge < -0.3 is 10.2 Å². The molecule has 0 unspecified atom stereocenters. The fraction of sp³-hybridized carbons (Fsp3) is 0.389. The lowest BCUT2D eigenvalue weighted by Crippen LogP contribution is -2.27. The van der Waals surface area contributed by atoms with Crippen LogP contribution in [0.4, 0.5) is 10.2 Å². The van der Waals surface area contributed by atoms with Crippen LogP contribution in [0.5, 0.6) is 0 Å². The van der Waals surface area contributed by atoms with Gasteiger partial charge in [0.15, 0.2) is 0 Å². The number of halogens is 1. The summed E-state index contributed by atoms with van der Waals surface area (Å²) in [6.45, 7) is 4.19. The van der Waals surface area contributed by atoms with E-state index >= 15 is 0 Å². The van der Waals surface area contributed by atoms with Crippen molar-refractivity contribution in [3.8, 4) is 0 Å². The van der Waals surface area contributed by atoms with Crippen molar-refractivity contribution in [3.05, 3.63) is 53.2 Å². The van der Waals surface area contributed by atoms with Gasteiger partial charge in [-0.3, -0.25) is 4.79 Å². The van der Waals surface area contributed by atoms with Crippen LogP contribution in [0, 0.1) is 12.7 Å². The molecule has 2 aromatic rings. The molecule has 1 aromatic carbocycles. The fourth-order valence-electron chi connectivity index (χ4n) is 2.85. The summed E-state index contributed by atoms with van der Waals surface area (Å²) in [6, 6.07) is 8.27. The van der Waals surface area contributed by atoms with Crippen LogP contribution in [-0.4, -0.2) is 29.0 Å². The largest absolute Gasteiger partial charge is 0.357 e. The first kappa shape index (κ1) is 16.4. The first-order valence-corrected chi connectivity index (χ1v) is 8.21. The van der Waals surface area contributed by atoms with Crippen LogP contribution in [0.3, 0.4) is 0 Å². The number of rotatable bonds is 5. The van der Waals surface area contributed by atoms with E-state index < -0.39 is 0 Å². The smallest absolute Gasteiger partial charge is 0.224 e. The van der Waals surface area contributed by atoms with Gasteiger partial charge in [0.05, 0.1) is 13.0 Å². The Kier molecular flexibility index (Phi) is 5.03. The maximum absolute atomic E-state index is 13.6. The Hall–Kier alpha value is -2.50. The zero-order valence-corrected chi connectivity index (χ0v) is 13.8. The van der Waals surface area contributed by atoms with Crippen LogP contribution in [-0.2, 0) is 17.8 Å². The molecule has 1 N–H and O–H groups in total. The highest BCUT2D eigenvalue weighted by Gasteiger charge is 2.15. The minimum absolute atomic E-state index is 0.0114. The number of carbonyl (C=O) groups is 1. The van der Waals surface area contributed by atoms with Crippen molar-refractivity contribution >= 4 is 11.7 Å². The zero-order chi connectivity index (χ0) is 16.9. The standard InChI is InChI=1S/C18H21FN4O/c1-13-10-17(23-8-4-5-9-23)22-16(21-13)12-20-18(24)11-14-6-2-3-7-15(14)19/h2-3,6-7,10H,4-5,8-9,11-12H2,1H3,(H,20,24). The minimum atomic E-state index is -0.365. The molecular formula is C18H21FN4O. The van der Waals surface area contributed by atoms with Gasteiger partial charge in [0, 0.05) is 24.8 Å². The molecule has 1 saturated heterocycles. The second-order valence-electron chi connectivity index (χ2n) is 6.02. The minimum Gasteiger partial charge on any atom is -0.357 e. The predicted octanol–water partition coefficient (Wildman–Crippen LogP) is 2.38. The lowest BCUT2D eigenvalue weighted by molar-refractivity contribution is -0.120.